The maximum absolute atomic E-state index is 12.2. The topological polar surface area (TPSA) is 69.9 Å². The number of tetrazole rings is 1. The maximum atomic E-state index is 12.2. The van der Waals surface area contributed by atoms with Crippen LogP contribution >= 0.6 is 11.8 Å². The molecule has 1 aromatic heterocycles. The van der Waals surface area contributed by atoms with Crippen molar-refractivity contribution in [2.45, 2.75) is 36.2 Å². The number of rotatable bonds is 5. The number of carbonyl (C=O) groups excluding carboxylic acids is 1. The van der Waals surface area contributed by atoms with Gasteiger partial charge >= 0.3 is 5.97 Å². The van der Waals surface area contributed by atoms with Crippen molar-refractivity contribution in [3.63, 3.8) is 0 Å². The molecular weight excluding hydrogens is 288 g/mol. The summed E-state index contributed by atoms with van der Waals surface area (Å²) in [5.41, 5.74) is 1.98. The molecule has 3 rings (SSSR count). The number of thioether (sulfide) groups is 1. The first-order valence-corrected chi connectivity index (χ1v) is 7.66. The summed E-state index contributed by atoms with van der Waals surface area (Å²) in [6.07, 6.45) is 2.18. The Balaban J connectivity index is 1.91. The summed E-state index contributed by atoms with van der Waals surface area (Å²) in [5, 5.41) is 12.0. The van der Waals surface area contributed by atoms with Gasteiger partial charge < -0.3 is 4.74 Å². The molecule has 21 heavy (non-hydrogen) atoms. The number of hydrogen-bond donors (Lipinski definition) is 0. The van der Waals surface area contributed by atoms with Crippen LogP contribution < -0.4 is 0 Å². The minimum Gasteiger partial charge on any atom is -0.468 e. The SMILES string of the molecule is COC(=O)[C@@H](Sc1nnnn1C1CC1)c1ccccc1C. The van der Waals surface area contributed by atoms with E-state index in [2.05, 4.69) is 15.5 Å². The average Bonchev–Trinajstić information content (AvgIpc) is 3.24. The standard InChI is InChI=1S/C14H16N4O2S/c1-9-5-3-4-6-11(9)12(13(19)20-2)21-14-15-16-17-18(14)10-7-8-10/h3-6,10,12H,7-8H2,1-2H3/t12-/m0/s1. The van der Waals surface area contributed by atoms with Gasteiger partial charge in [0.05, 0.1) is 13.2 Å². The van der Waals surface area contributed by atoms with E-state index in [1.54, 1.807) is 4.68 Å². The highest BCUT2D eigenvalue weighted by Crippen LogP contribution is 2.41. The van der Waals surface area contributed by atoms with Crippen LogP contribution in [-0.4, -0.2) is 33.3 Å². The Hall–Kier alpha value is -1.89. The fraction of sp³-hybridized carbons (Fsp3) is 0.429. The monoisotopic (exact) mass is 304 g/mol. The number of aryl methyl sites for hydroxylation is 1. The lowest BCUT2D eigenvalue weighted by Crippen LogP contribution is -2.13. The molecule has 1 heterocycles. The molecule has 1 atom stereocenters. The molecule has 2 aromatic rings. The van der Waals surface area contributed by atoms with Crippen molar-refractivity contribution in [3.8, 4) is 0 Å². The Morgan fingerprint density at radius 2 is 2.19 bits per heavy atom. The Bertz CT molecular complexity index is 654. The Morgan fingerprint density at radius 1 is 1.43 bits per heavy atom. The van der Waals surface area contributed by atoms with Crippen LogP contribution in [-0.2, 0) is 9.53 Å². The van der Waals surface area contributed by atoms with E-state index in [0.717, 1.165) is 24.0 Å². The van der Waals surface area contributed by atoms with Crippen molar-refractivity contribution >= 4 is 17.7 Å². The summed E-state index contributed by atoms with van der Waals surface area (Å²) in [4.78, 5) is 12.2. The molecule has 6 nitrogen and oxygen atoms in total. The molecule has 0 bridgehead atoms. The van der Waals surface area contributed by atoms with E-state index in [1.807, 2.05) is 31.2 Å². The molecule has 0 spiro atoms. The smallest absolute Gasteiger partial charge is 0.323 e. The highest BCUT2D eigenvalue weighted by Gasteiger charge is 2.32. The highest BCUT2D eigenvalue weighted by molar-refractivity contribution is 8.00. The molecule has 1 saturated carbocycles. The number of benzene rings is 1. The first-order valence-electron chi connectivity index (χ1n) is 6.78. The lowest BCUT2D eigenvalue weighted by atomic mass is 10.1. The van der Waals surface area contributed by atoms with Crippen molar-refractivity contribution in [3.05, 3.63) is 35.4 Å². The number of ether oxygens (including phenoxy) is 1. The van der Waals surface area contributed by atoms with Crippen molar-refractivity contribution in [1.82, 2.24) is 20.2 Å². The predicted molar refractivity (Wildman–Crippen MR) is 77.9 cm³/mol. The zero-order chi connectivity index (χ0) is 14.8. The van der Waals surface area contributed by atoms with Crippen LogP contribution in [0.3, 0.4) is 0 Å². The second-order valence-corrected chi connectivity index (χ2v) is 6.09. The summed E-state index contributed by atoms with van der Waals surface area (Å²) in [6.45, 7) is 1.98. The third-order valence-electron chi connectivity index (χ3n) is 3.46. The van der Waals surface area contributed by atoms with E-state index in [1.165, 1.54) is 18.9 Å². The summed E-state index contributed by atoms with van der Waals surface area (Å²) in [7, 11) is 1.40. The van der Waals surface area contributed by atoms with Crippen LogP contribution in [0.15, 0.2) is 29.4 Å². The van der Waals surface area contributed by atoms with Gasteiger partial charge in [-0.2, -0.15) is 0 Å². The molecule has 0 amide bonds. The minimum atomic E-state index is -0.459. The summed E-state index contributed by atoms with van der Waals surface area (Å²) in [5.74, 6) is -0.292. The molecule has 0 N–H and O–H groups in total. The van der Waals surface area contributed by atoms with Gasteiger partial charge in [0, 0.05) is 0 Å². The van der Waals surface area contributed by atoms with E-state index in [0.29, 0.717) is 11.2 Å². The Labute approximate surface area is 126 Å². The van der Waals surface area contributed by atoms with Gasteiger partial charge in [-0.25, -0.2) is 4.68 Å². The van der Waals surface area contributed by atoms with E-state index in [-0.39, 0.29) is 5.97 Å². The van der Waals surface area contributed by atoms with Gasteiger partial charge in [-0.1, -0.05) is 36.0 Å². The van der Waals surface area contributed by atoms with Crippen molar-refractivity contribution in [2.75, 3.05) is 7.11 Å². The highest BCUT2D eigenvalue weighted by atomic mass is 32.2. The number of nitrogens with zero attached hydrogens (tertiary/aromatic N) is 4. The normalized spacial score (nSPS) is 15.7. The Morgan fingerprint density at radius 3 is 2.86 bits per heavy atom. The van der Waals surface area contributed by atoms with Crippen molar-refractivity contribution < 1.29 is 9.53 Å². The van der Waals surface area contributed by atoms with Gasteiger partial charge in [0.2, 0.25) is 5.16 Å². The molecule has 1 fully saturated rings. The molecule has 0 unspecified atom stereocenters. The molecule has 1 aliphatic carbocycles. The predicted octanol–water partition coefficient (Wildman–Crippen LogP) is 2.32. The van der Waals surface area contributed by atoms with Crippen molar-refractivity contribution in [2.24, 2.45) is 0 Å². The number of aromatic nitrogens is 4. The second-order valence-electron chi connectivity index (χ2n) is 5.01. The third-order valence-corrected chi connectivity index (χ3v) is 4.63. The van der Waals surface area contributed by atoms with Crippen molar-refractivity contribution in [1.29, 1.82) is 0 Å². The van der Waals surface area contributed by atoms with Crippen LogP contribution in [0, 0.1) is 6.92 Å². The van der Waals surface area contributed by atoms with E-state index < -0.39 is 5.25 Å². The van der Waals surface area contributed by atoms with Gasteiger partial charge in [-0.05, 0) is 41.3 Å². The number of hydrogen-bond acceptors (Lipinski definition) is 6. The van der Waals surface area contributed by atoms with E-state index in [9.17, 15) is 4.79 Å². The lowest BCUT2D eigenvalue weighted by molar-refractivity contribution is -0.140. The third kappa shape index (κ3) is 2.92. The van der Waals surface area contributed by atoms with E-state index in [4.69, 9.17) is 4.74 Å². The maximum Gasteiger partial charge on any atom is 0.323 e. The molecule has 1 aromatic carbocycles. The fourth-order valence-corrected chi connectivity index (χ4v) is 3.32. The van der Waals surface area contributed by atoms with Crippen LogP contribution in [0.1, 0.15) is 35.3 Å². The summed E-state index contributed by atoms with van der Waals surface area (Å²) in [6, 6.07) is 8.16. The quantitative estimate of drug-likeness (QED) is 0.623. The minimum absolute atomic E-state index is 0.292. The van der Waals surface area contributed by atoms with Gasteiger partial charge in [0.15, 0.2) is 0 Å². The molecule has 0 aliphatic heterocycles. The van der Waals surface area contributed by atoms with Gasteiger partial charge in [-0.15, -0.1) is 5.10 Å². The van der Waals surface area contributed by atoms with Crippen LogP contribution in [0.25, 0.3) is 0 Å². The molecule has 110 valence electrons. The van der Waals surface area contributed by atoms with E-state index >= 15 is 0 Å². The molecule has 7 heteroatoms. The first kappa shape index (κ1) is 14.1. The number of carbonyl (C=O) groups is 1. The van der Waals surface area contributed by atoms with Crippen LogP contribution in [0.5, 0.6) is 0 Å². The van der Waals surface area contributed by atoms with Crippen LogP contribution in [0.2, 0.25) is 0 Å². The molecule has 1 aliphatic rings. The molecule has 0 radical (unpaired) electrons. The summed E-state index contributed by atoms with van der Waals surface area (Å²) >= 11 is 1.34. The molecule has 0 saturated heterocycles. The zero-order valence-corrected chi connectivity index (χ0v) is 12.7. The fourth-order valence-electron chi connectivity index (χ4n) is 2.14. The van der Waals surface area contributed by atoms with Gasteiger partial charge in [-0.3, -0.25) is 4.79 Å². The van der Waals surface area contributed by atoms with Gasteiger partial charge in [0.25, 0.3) is 0 Å². The second kappa shape index (κ2) is 5.85. The summed E-state index contributed by atoms with van der Waals surface area (Å²) < 4.78 is 6.75. The zero-order valence-electron chi connectivity index (χ0n) is 11.9. The molecular formula is C14H16N4O2S. The van der Waals surface area contributed by atoms with Gasteiger partial charge in [0.1, 0.15) is 5.25 Å². The van der Waals surface area contributed by atoms with Crippen LogP contribution in [0.4, 0.5) is 0 Å². The first-order chi connectivity index (χ1) is 10.2. The number of methoxy groups -OCH3 is 1. The lowest BCUT2D eigenvalue weighted by Gasteiger charge is -2.16. The largest absolute Gasteiger partial charge is 0.468 e. The number of esters is 1. The average molecular weight is 304 g/mol. The Kier molecular flexibility index (Phi) is 3.92.